The fraction of sp³-hybridized carbons (Fsp3) is 0.227. The van der Waals surface area contributed by atoms with Crippen molar-refractivity contribution in [3.63, 3.8) is 0 Å². The zero-order chi connectivity index (χ0) is 20.2. The highest BCUT2D eigenvalue weighted by molar-refractivity contribution is 6.30. The minimum Gasteiger partial charge on any atom is -0.467 e. The maximum Gasteiger partial charge on any atom is 0.317 e. The molecule has 4 rings (SSSR count). The van der Waals surface area contributed by atoms with Crippen LogP contribution in [0.15, 0.2) is 71.3 Å². The number of carbonyl (C=O) groups is 1. The Morgan fingerprint density at radius 1 is 1.03 bits per heavy atom. The van der Waals surface area contributed by atoms with Gasteiger partial charge in [-0.1, -0.05) is 47.5 Å². The smallest absolute Gasteiger partial charge is 0.317 e. The molecule has 29 heavy (non-hydrogen) atoms. The highest BCUT2D eigenvalue weighted by Crippen LogP contribution is 2.31. The number of halogens is 2. The molecule has 5 nitrogen and oxygen atoms in total. The number of ether oxygens (including phenoxy) is 1. The normalized spacial score (nSPS) is 14.1. The first kappa shape index (κ1) is 19.8. The van der Waals surface area contributed by atoms with Gasteiger partial charge in [0.05, 0.1) is 32.0 Å². The molecule has 2 aromatic carbocycles. The first-order chi connectivity index (χ1) is 14.1. The average molecular weight is 431 g/mol. The number of nitrogens with zero attached hydrogens (tertiary/aromatic N) is 1. The van der Waals surface area contributed by atoms with Crippen molar-refractivity contribution in [1.29, 1.82) is 0 Å². The molecule has 1 fully saturated rings. The van der Waals surface area contributed by atoms with Gasteiger partial charge in [0, 0.05) is 10.0 Å². The van der Waals surface area contributed by atoms with Gasteiger partial charge in [0.25, 0.3) is 0 Å². The van der Waals surface area contributed by atoms with Crippen LogP contribution in [0.25, 0.3) is 0 Å². The maximum atomic E-state index is 12.3. The number of hydrogen-bond acceptors (Lipinski definition) is 3. The van der Waals surface area contributed by atoms with Crippen LogP contribution in [0.1, 0.15) is 23.0 Å². The number of furan rings is 1. The molecule has 2 heterocycles. The average Bonchev–Trinajstić information content (AvgIpc) is 3.21. The van der Waals surface area contributed by atoms with Crippen LogP contribution >= 0.6 is 23.2 Å². The molecular formula is C22H20Cl2N2O3. The van der Waals surface area contributed by atoms with Gasteiger partial charge in [-0.25, -0.2) is 4.79 Å². The molecule has 0 unspecified atom stereocenters. The first-order valence-electron chi connectivity index (χ1n) is 9.30. The second kappa shape index (κ2) is 8.91. The van der Waals surface area contributed by atoms with E-state index in [9.17, 15) is 4.79 Å². The SMILES string of the molecule is O=C(NCc1ccco1)N1CC(OC(c2ccc(Cl)cc2)c2ccc(Cl)cc2)C1. The molecule has 0 saturated carbocycles. The lowest BCUT2D eigenvalue weighted by atomic mass is 10.0. The second-order valence-corrected chi connectivity index (χ2v) is 7.76. The molecule has 1 saturated heterocycles. The number of rotatable bonds is 6. The van der Waals surface area contributed by atoms with Crippen molar-refractivity contribution >= 4 is 29.2 Å². The Labute approximate surface area is 179 Å². The fourth-order valence-electron chi connectivity index (χ4n) is 3.19. The van der Waals surface area contributed by atoms with E-state index in [1.807, 2.05) is 54.6 Å². The van der Waals surface area contributed by atoms with Crippen LogP contribution in [0.4, 0.5) is 4.79 Å². The lowest BCUT2D eigenvalue weighted by Crippen LogP contribution is -2.57. The summed E-state index contributed by atoms with van der Waals surface area (Å²) >= 11 is 12.1. The predicted octanol–water partition coefficient (Wildman–Crippen LogP) is 5.29. The van der Waals surface area contributed by atoms with E-state index < -0.39 is 0 Å². The third kappa shape index (κ3) is 4.93. The molecular weight excluding hydrogens is 411 g/mol. The molecule has 150 valence electrons. The number of benzene rings is 2. The number of likely N-dealkylation sites (tertiary alicyclic amines) is 1. The second-order valence-electron chi connectivity index (χ2n) is 6.88. The van der Waals surface area contributed by atoms with Gasteiger partial charge in [-0.05, 0) is 47.5 Å². The summed E-state index contributed by atoms with van der Waals surface area (Å²) < 4.78 is 11.6. The van der Waals surface area contributed by atoms with Gasteiger partial charge >= 0.3 is 6.03 Å². The highest BCUT2D eigenvalue weighted by atomic mass is 35.5. The molecule has 1 aromatic heterocycles. The van der Waals surface area contributed by atoms with E-state index in [2.05, 4.69) is 5.32 Å². The Kier molecular flexibility index (Phi) is 6.09. The molecule has 0 atom stereocenters. The number of carbonyl (C=O) groups excluding carboxylic acids is 1. The summed E-state index contributed by atoms with van der Waals surface area (Å²) in [6, 6.07) is 18.7. The van der Waals surface area contributed by atoms with E-state index in [0.717, 1.165) is 16.9 Å². The molecule has 0 aliphatic carbocycles. The minimum atomic E-state index is -0.261. The van der Waals surface area contributed by atoms with Crippen molar-refractivity contribution in [2.45, 2.75) is 18.8 Å². The zero-order valence-corrected chi connectivity index (χ0v) is 17.1. The third-order valence-electron chi connectivity index (χ3n) is 4.80. The fourth-order valence-corrected chi connectivity index (χ4v) is 3.45. The van der Waals surface area contributed by atoms with Gasteiger partial charge in [-0.15, -0.1) is 0 Å². The Morgan fingerprint density at radius 3 is 2.14 bits per heavy atom. The quantitative estimate of drug-likeness (QED) is 0.577. The molecule has 1 aliphatic heterocycles. The molecule has 0 spiro atoms. The summed E-state index contributed by atoms with van der Waals surface area (Å²) in [6.45, 7) is 1.43. The van der Waals surface area contributed by atoms with Gasteiger partial charge in [-0.2, -0.15) is 0 Å². The van der Waals surface area contributed by atoms with E-state index in [0.29, 0.717) is 29.7 Å². The van der Waals surface area contributed by atoms with Crippen LogP contribution in [-0.2, 0) is 11.3 Å². The van der Waals surface area contributed by atoms with Crippen molar-refractivity contribution in [2.24, 2.45) is 0 Å². The van der Waals surface area contributed by atoms with Crippen molar-refractivity contribution in [3.05, 3.63) is 93.9 Å². The molecule has 0 bridgehead atoms. The number of urea groups is 1. The van der Waals surface area contributed by atoms with Crippen LogP contribution in [0.5, 0.6) is 0 Å². The van der Waals surface area contributed by atoms with Crippen LogP contribution < -0.4 is 5.32 Å². The van der Waals surface area contributed by atoms with Crippen LogP contribution in [0, 0.1) is 0 Å². The highest BCUT2D eigenvalue weighted by Gasteiger charge is 2.34. The van der Waals surface area contributed by atoms with Crippen molar-refractivity contribution in [2.75, 3.05) is 13.1 Å². The predicted molar refractivity (Wildman–Crippen MR) is 112 cm³/mol. The molecule has 0 radical (unpaired) electrons. The summed E-state index contributed by atoms with van der Waals surface area (Å²) in [5, 5.41) is 4.19. The van der Waals surface area contributed by atoms with Crippen molar-refractivity contribution in [1.82, 2.24) is 10.2 Å². The maximum absolute atomic E-state index is 12.3. The van der Waals surface area contributed by atoms with Gasteiger partial charge < -0.3 is 19.4 Å². The Morgan fingerprint density at radius 2 is 1.62 bits per heavy atom. The van der Waals surface area contributed by atoms with E-state index in [-0.39, 0.29) is 18.2 Å². The third-order valence-corrected chi connectivity index (χ3v) is 5.31. The number of amides is 2. The summed E-state index contributed by atoms with van der Waals surface area (Å²) in [7, 11) is 0. The minimum absolute atomic E-state index is 0.0549. The van der Waals surface area contributed by atoms with Crippen LogP contribution in [0.3, 0.4) is 0 Å². The molecule has 1 aliphatic rings. The van der Waals surface area contributed by atoms with E-state index in [1.54, 1.807) is 17.2 Å². The van der Waals surface area contributed by atoms with E-state index in [1.165, 1.54) is 0 Å². The molecule has 2 amide bonds. The Bertz CT molecular complexity index is 892. The Balaban J connectivity index is 1.38. The van der Waals surface area contributed by atoms with Gasteiger partial charge in [-0.3, -0.25) is 0 Å². The summed E-state index contributed by atoms with van der Waals surface area (Å²) in [5.41, 5.74) is 2.00. The number of hydrogen-bond donors (Lipinski definition) is 1. The summed E-state index contributed by atoms with van der Waals surface area (Å²) in [5.74, 6) is 0.720. The standard InChI is InChI=1S/C22H20Cl2N2O3/c23-17-7-3-15(4-8-17)21(16-5-9-18(24)10-6-16)29-20-13-26(14-20)22(27)25-12-19-2-1-11-28-19/h1-11,20-21H,12-14H2,(H,25,27). The van der Waals surface area contributed by atoms with Gasteiger partial charge in [0.2, 0.25) is 0 Å². The Hall–Kier alpha value is -2.47. The largest absolute Gasteiger partial charge is 0.467 e. The summed E-state index contributed by atoms with van der Waals surface area (Å²) in [4.78, 5) is 14.0. The van der Waals surface area contributed by atoms with E-state index >= 15 is 0 Å². The lowest BCUT2D eigenvalue weighted by Gasteiger charge is -2.40. The molecule has 1 N–H and O–H groups in total. The first-order valence-corrected chi connectivity index (χ1v) is 10.1. The van der Waals surface area contributed by atoms with Gasteiger partial charge in [0.1, 0.15) is 11.9 Å². The topological polar surface area (TPSA) is 54.7 Å². The van der Waals surface area contributed by atoms with E-state index in [4.69, 9.17) is 32.4 Å². The lowest BCUT2D eigenvalue weighted by molar-refractivity contribution is -0.0646. The van der Waals surface area contributed by atoms with Crippen LogP contribution in [-0.4, -0.2) is 30.1 Å². The zero-order valence-electron chi connectivity index (χ0n) is 15.6. The van der Waals surface area contributed by atoms with Crippen LogP contribution in [0.2, 0.25) is 10.0 Å². The summed E-state index contributed by atoms with van der Waals surface area (Å²) in [6.07, 6.45) is 1.27. The monoisotopic (exact) mass is 430 g/mol. The number of nitrogens with one attached hydrogen (secondary N) is 1. The molecule has 3 aromatic rings. The molecule has 7 heteroatoms. The van der Waals surface area contributed by atoms with Crippen molar-refractivity contribution < 1.29 is 13.9 Å². The van der Waals surface area contributed by atoms with Crippen molar-refractivity contribution in [3.8, 4) is 0 Å². The van der Waals surface area contributed by atoms with Gasteiger partial charge in [0.15, 0.2) is 0 Å².